The van der Waals surface area contributed by atoms with Crippen LogP contribution in [-0.4, -0.2) is 40.8 Å². The van der Waals surface area contributed by atoms with E-state index in [2.05, 4.69) is 10.6 Å². The van der Waals surface area contributed by atoms with Crippen LogP contribution in [0.2, 0.25) is 0 Å². The summed E-state index contributed by atoms with van der Waals surface area (Å²) < 4.78 is 13.4. The maximum absolute atomic E-state index is 13.4. The van der Waals surface area contributed by atoms with Crippen LogP contribution in [0.15, 0.2) is 24.3 Å². The van der Waals surface area contributed by atoms with Gasteiger partial charge in [-0.2, -0.15) is 0 Å². The van der Waals surface area contributed by atoms with E-state index in [1.165, 1.54) is 25.1 Å². The van der Waals surface area contributed by atoms with E-state index in [1.807, 2.05) is 0 Å². The largest absolute Gasteiger partial charge is 0.480 e. The summed E-state index contributed by atoms with van der Waals surface area (Å²) in [7, 11) is 0. The molecule has 3 atom stereocenters. The molecule has 0 aliphatic heterocycles. The second-order valence-corrected chi connectivity index (χ2v) is 6.81. The average molecular weight is 378 g/mol. The lowest BCUT2D eigenvalue weighted by atomic mass is 9.83. The predicted molar refractivity (Wildman–Crippen MR) is 94.2 cm³/mol. The summed E-state index contributed by atoms with van der Waals surface area (Å²) in [5.74, 6) is -3.36. The Morgan fingerprint density at radius 2 is 2.04 bits per heavy atom. The highest BCUT2D eigenvalue weighted by Crippen LogP contribution is 2.24. The summed E-state index contributed by atoms with van der Waals surface area (Å²) in [5.41, 5.74) is 0.489. The summed E-state index contributed by atoms with van der Waals surface area (Å²) in [4.78, 5) is 47.4. The van der Waals surface area contributed by atoms with Gasteiger partial charge in [-0.15, -0.1) is 0 Å². The molecule has 1 aliphatic carbocycles. The molecule has 27 heavy (non-hydrogen) atoms. The van der Waals surface area contributed by atoms with Crippen LogP contribution in [0.25, 0.3) is 0 Å². The molecule has 0 heterocycles. The number of hydrogen-bond donors (Lipinski definition) is 3. The van der Waals surface area contributed by atoms with E-state index in [1.54, 1.807) is 6.07 Å². The number of hydrogen-bond acceptors (Lipinski definition) is 4. The Morgan fingerprint density at radius 1 is 1.30 bits per heavy atom. The summed E-state index contributed by atoms with van der Waals surface area (Å²) in [6, 6.07) is 3.34. The third kappa shape index (κ3) is 6.16. The first-order valence-electron chi connectivity index (χ1n) is 8.82. The highest BCUT2D eigenvalue weighted by molar-refractivity contribution is 5.90. The van der Waals surface area contributed by atoms with Gasteiger partial charge in [0.25, 0.3) is 0 Å². The SMILES string of the molecule is CC(=O)N[C@@H](Cc1cccc(F)c1)C(=O)N[C@@H](C(=O)O)[C@H]1CCCC(=O)C1. The molecular weight excluding hydrogens is 355 g/mol. The molecule has 8 heteroatoms. The molecule has 2 amide bonds. The lowest BCUT2D eigenvalue weighted by molar-refractivity contribution is -0.144. The van der Waals surface area contributed by atoms with Crippen molar-refractivity contribution in [2.75, 3.05) is 0 Å². The molecule has 0 saturated heterocycles. The van der Waals surface area contributed by atoms with E-state index in [4.69, 9.17) is 0 Å². The molecule has 3 N–H and O–H groups in total. The van der Waals surface area contributed by atoms with Crippen LogP contribution < -0.4 is 10.6 Å². The van der Waals surface area contributed by atoms with Gasteiger partial charge in [0.15, 0.2) is 0 Å². The van der Waals surface area contributed by atoms with Crippen molar-refractivity contribution in [1.82, 2.24) is 10.6 Å². The van der Waals surface area contributed by atoms with Crippen LogP contribution in [0.4, 0.5) is 4.39 Å². The number of benzene rings is 1. The lowest BCUT2D eigenvalue weighted by Gasteiger charge is -2.29. The summed E-state index contributed by atoms with van der Waals surface area (Å²) in [6.07, 6.45) is 1.65. The Bertz CT molecular complexity index is 737. The first-order valence-corrected chi connectivity index (χ1v) is 8.82. The second kappa shape index (κ2) is 9.25. The monoisotopic (exact) mass is 378 g/mol. The Hall–Kier alpha value is -2.77. The highest BCUT2D eigenvalue weighted by atomic mass is 19.1. The topological polar surface area (TPSA) is 113 Å². The van der Waals surface area contributed by atoms with Crippen LogP contribution >= 0.6 is 0 Å². The number of Topliss-reactive ketones (excluding diaryl/α,β-unsaturated/α-hetero) is 1. The van der Waals surface area contributed by atoms with Gasteiger partial charge >= 0.3 is 5.97 Å². The van der Waals surface area contributed by atoms with Crippen molar-refractivity contribution in [3.8, 4) is 0 Å². The summed E-state index contributed by atoms with van der Waals surface area (Å²) in [5, 5.41) is 14.4. The molecule has 0 spiro atoms. The third-order valence-electron chi connectivity index (χ3n) is 4.58. The second-order valence-electron chi connectivity index (χ2n) is 6.81. The normalized spacial score (nSPS) is 19.0. The summed E-state index contributed by atoms with van der Waals surface area (Å²) >= 11 is 0. The molecule has 146 valence electrons. The molecule has 1 fully saturated rings. The Morgan fingerprint density at radius 3 is 2.63 bits per heavy atom. The molecule has 0 radical (unpaired) electrons. The zero-order chi connectivity index (χ0) is 20.0. The third-order valence-corrected chi connectivity index (χ3v) is 4.58. The molecule has 1 aliphatic rings. The van der Waals surface area contributed by atoms with Gasteiger partial charge in [0.2, 0.25) is 11.8 Å². The highest BCUT2D eigenvalue weighted by Gasteiger charge is 2.35. The maximum atomic E-state index is 13.4. The first kappa shape index (κ1) is 20.5. The van der Waals surface area contributed by atoms with Gasteiger partial charge in [0, 0.05) is 26.2 Å². The lowest BCUT2D eigenvalue weighted by Crippen LogP contribution is -2.54. The zero-order valence-corrected chi connectivity index (χ0v) is 15.0. The standard InChI is InChI=1S/C19H23FN2O5/c1-11(23)21-16(9-12-4-2-6-14(20)8-12)18(25)22-17(19(26)27)13-5-3-7-15(24)10-13/h2,4,6,8,13,16-17H,3,5,7,9-10H2,1H3,(H,21,23)(H,22,25)(H,26,27)/t13-,16-,17+/m0/s1. The number of carbonyl (C=O) groups excluding carboxylic acids is 3. The fourth-order valence-corrected chi connectivity index (χ4v) is 3.33. The number of carboxylic acids is 1. The minimum atomic E-state index is -1.23. The van der Waals surface area contributed by atoms with Gasteiger partial charge < -0.3 is 15.7 Å². The fourth-order valence-electron chi connectivity index (χ4n) is 3.33. The molecule has 7 nitrogen and oxygen atoms in total. The van der Waals surface area contributed by atoms with Crippen molar-refractivity contribution in [1.29, 1.82) is 0 Å². The van der Waals surface area contributed by atoms with Crippen LogP contribution in [0, 0.1) is 11.7 Å². The van der Waals surface area contributed by atoms with E-state index in [-0.39, 0.29) is 18.6 Å². The van der Waals surface area contributed by atoms with E-state index in [0.717, 1.165) is 0 Å². The van der Waals surface area contributed by atoms with Crippen LogP contribution in [0.1, 0.15) is 38.2 Å². The van der Waals surface area contributed by atoms with Crippen LogP contribution in [0.3, 0.4) is 0 Å². The van der Waals surface area contributed by atoms with Crippen molar-refractivity contribution >= 4 is 23.6 Å². The molecule has 1 aromatic rings. The van der Waals surface area contributed by atoms with E-state index in [9.17, 15) is 28.7 Å². The van der Waals surface area contributed by atoms with Crippen molar-refractivity contribution < 1.29 is 28.7 Å². The van der Waals surface area contributed by atoms with Crippen LogP contribution in [0.5, 0.6) is 0 Å². The first-order chi connectivity index (χ1) is 12.8. The molecule has 2 rings (SSSR count). The molecule has 0 unspecified atom stereocenters. The number of aliphatic carboxylic acids is 1. The Kier molecular flexibility index (Phi) is 7.04. The van der Waals surface area contributed by atoms with Gasteiger partial charge in [-0.3, -0.25) is 14.4 Å². The number of nitrogens with one attached hydrogen (secondary N) is 2. The molecule has 0 aromatic heterocycles. The fraction of sp³-hybridized carbons (Fsp3) is 0.474. The minimum absolute atomic E-state index is 0.0130. The summed E-state index contributed by atoms with van der Waals surface area (Å²) in [6.45, 7) is 1.24. The van der Waals surface area contributed by atoms with Gasteiger partial charge in [-0.05, 0) is 36.5 Å². The minimum Gasteiger partial charge on any atom is -0.480 e. The number of ketones is 1. The average Bonchev–Trinajstić information content (AvgIpc) is 2.58. The van der Waals surface area contributed by atoms with Gasteiger partial charge in [-0.25, -0.2) is 9.18 Å². The Labute approximate surface area is 156 Å². The van der Waals surface area contributed by atoms with Crippen molar-refractivity contribution in [3.63, 3.8) is 0 Å². The maximum Gasteiger partial charge on any atom is 0.326 e. The smallest absolute Gasteiger partial charge is 0.326 e. The van der Waals surface area contributed by atoms with E-state index >= 15 is 0 Å². The zero-order valence-electron chi connectivity index (χ0n) is 15.0. The van der Waals surface area contributed by atoms with Gasteiger partial charge in [-0.1, -0.05) is 12.1 Å². The quantitative estimate of drug-likeness (QED) is 0.660. The van der Waals surface area contributed by atoms with Crippen LogP contribution in [-0.2, 0) is 25.6 Å². The number of rotatable bonds is 7. The molecule has 0 bridgehead atoms. The predicted octanol–water partition coefficient (Wildman–Crippen LogP) is 1.20. The van der Waals surface area contributed by atoms with Crippen molar-refractivity contribution in [2.24, 2.45) is 5.92 Å². The van der Waals surface area contributed by atoms with Crippen molar-refractivity contribution in [3.05, 3.63) is 35.6 Å². The molecular formula is C19H23FN2O5. The Balaban J connectivity index is 2.13. The molecule has 1 saturated carbocycles. The van der Waals surface area contributed by atoms with Gasteiger partial charge in [0.1, 0.15) is 23.7 Å². The number of carbonyl (C=O) groups is 4. The van der Waals surface area contributed by atoms with Crippen molar-refractivity contribution in [2.45, 2.75) is 51.1 Å². The number of halogens is 1. The van der Waals surface area contributed by atoms with E-state index < -0.39 is 41.6 Å². The number of amides is 2. The van der Waals surface area contributed by atoms with Gasteiger partial charge in [0.05, 0.1) is 0 Å². The van der Waals surface area contributed by atoms with E-state index in [0.29, 0.717) is 24.8 Å². The number of carboxylic acid groups (broad SMARTS) is 1. The molecule has 1 aromatic carbocycles.